The minimum absolute atomic E-state index is 0.0678. The summed E-state index contributed by atoms with van der Waals surface area (Å²) in [6.07, 6.45) is 5.63. The average molecular weight is 297 g/mol. The van der Waals surface area contributed by atoms with Crippen molar-refractivity contribution in [2.24, 2.45) is 0 Å². The Balaban J connectivity index is 2.30. The van der Waals surface area contributed by atoms with Gasteiger partial charge in [-0.1, -0.05) is 12.8 Å². The van der Waals surface area contributed by atoms with Crippen LogP contribution in [-0.2, 0) is 10.0 Å². The van der Waals surface area contributed by atoms with Crippen molar-refractivity contribution in [3.63, 3.8) is 0 Å². The normalized spacial score (nSPS) is 21.4. The first kappa shape index (κ1) is 15.3. The zero-order valence-electron chi connectivity index (χ0n) is 12.2. The number of hydrogen-bond acceptors (Lipinski definition) is 4. The number of anilines is 1. The van der Waals surface area contributed by atoms with Crippen molar-refractivity contribution in [3.05, 3.63) is 18.3 Å². The Hall–Kier alpha value is -1.14. The molecule has 5 nitrogen and oxygen atoms in total. The van der Waals surface area contributed by atoms with E-state index in [4.69, 9.17) is 0 Å². The summed E-state index contributed by atoms with van der Waals surface area (Å²) in [4.78, 5) is 4.46. The van der Waals surface area contributed by atoms with Gasteiger partial charge in [0.2, 0.25) is 10.0 Å². The number of hydrogen-bond donors (Lipinski definition) is 1. The molecule has 1 saturated heterocycles. The smallest absolute Gasteiger partial charge is 0.243 e. The second-order valence-electron chi connectivity index (χ2n) is 5.22. The fraction of sp³-hybridized carbons (Fsp3) is 0.643. The van der Waals surface area contributed by atoms with E-state index in [-0.39, 0.29) is 6.04 Å². The lowest BCUT2D eigenvalue weighted by Crippen LogP contribution is -2.38. The van der Waals surface area contributed by atoms with E-state index in [0.717, 1.165) is 32.2 Å². The number of rotatable bonds is 4. The Morgan fingerprint density at radius 3 is 2.95 bits per heavy atom. The highest BCUT2D eigenvalue weighted by molar-refractivity contribution is 7.89. The molecule has 0 amide bonds. The second kappa shape index (κ2) is 6.54. The molecule has 20 heavy (non-hydrogen) atoms. The van der Waals surface area contributed by atoms with Crippen LogP contribution in [0.4, 0.5) is 5.82 Å². The molecule has 1 atom stereocenters. The molecule has 1 aromatic rings. The molecule has 0 saturated carbocycles. The molecular weight excluding hydrogens is 274 g/mol. The van der Waals surface area contributed by atoms with Gasteiger partial charge in [-0.05, 0) is 32.8 Å². The van der Waals surface area contributed by atoms with Crippen LogP contribution in [0.15, 0.2) is 23.2 Å². The van der Waals surface area contributed by atoms with Gasteiger partial charge >= 0.3 is 0 Å². The van der Waals surface area contributed by atoms with Gasteiger partial charge in [0, 0.05) is 31.4 Å². The Morgan fingerprint density at radius 1 is 1.40 bits per heavy atom. The number of pyridine rings is 1. The molecule has 1 aliphatic heterocycles. The van der Waals surface area contributed by atoms with Crippen molar-refractivity contribution in [3.8, 4) is 0 Å². The minimum atomic E-state index is -3.42. The van der Waals surface area contributed by atoms with Crippen LogP contribution in [0.2, 0.25) is 0 Å². The molecule has 0 bridgehead atoms. The first-order valence-electron chi connectivity index (χ1n) is 7.27. The van der Waals surface area contributed by atoms with Gasteiger partial charge in [0.1, 0.15) is 5.82 Å². The third-order valence-corrected chi connectivity index (χ3v) is 5.70. The Kier molecular flexibility index (Phi) is 4.99. The summed E-state index contributed by atoms with van der Waals surface area (Å²) in [5.74, 6) is 0.607. The predicted molar refractivity (Wildman–Crippen MR) is 80.2 cm³/mol. The summed E-state index contributed by atoms with van der Waals surface area (Å²) >= 11 is 0. The second-order valence-corrected chi connectivity index (χ2v) is 7.11. The van der Waals surface area contributed by atoms with E-state index in [1.807, 2.05) is 13.8 Å². The first-order chi connectivity index (χ1) is 9.55. The van der Waals surface area contributed by atoms with Gasteiger partial charge in [0.05, 0.1) is 4.90 Å². The summed E-state index contributed by atoms with van der Waals surface area (Å²) in [6.45, 7) is 5.29. The number of sulfonamides is 1. The third kappa shape index (κ3) is 3.30. The lowest BCUT2D eigenvalue weighted by Gasteiger charge is -2.26. The van der Waals surface area contributed by atoms with Crippen LogP contribution in [0.1, 0.15) is 39.5 Å². The van der Waals surface area contributed by atoms with Gasteiger partial charge in [0.15, 0.2) is 0 Å². The molecule has 0 aliphatic carbocycles. The lowest BCUT2D eigenvalue weighted by molar-refractivity contribution is 0.342. The topological polar surface area (TPSA) is 62.3 Å². The van der Waals surface area contributed by atoms with Gasteiger partial charge in [0.25, 0.3) is 0 Å². The first-order valence-corrected chi connectivity index (χ1v) is 8.71. The van der Waals surface area contributed by atoms with Gasteiger partial charge in [-0.2, -0.15) is 4.31 Å². The van der Waals surface area contributed by atoms with Crippen LogP contribution < -0.4 is 5.32 Å². The molecule has 1 unspecified atom stereocenters. The number of aromatic nitrogens is 1. The summed E-state index contributed by atoms with van der Waals surface area (Å²) < 4.78 is 27.2. The summed E-state index contributed by atoms with van der Waals surface area (Å²) in [5.41, 5.74) is 0. The fourth-order valence-corrected chi connectivity index (χ4v) is 4.30. The molecule has 0 spiro atoms. The van der Waals surface area contributed by atoms with Gasteiger partial charge in [-0.3, -0.25) is 0 Å². The number of nitrogens with zero attached hydrogens (tertiary/aromatic N) is 2. The molecule has 1 aliphatic rings. The van der Waals surface area contributed by atoms with Crippen molar-refractivity contribution in [1.29, 1.82) is 0 Å². The van der Waals surface area contributed by atoms with E-state index in [1.54, 1.807) is 22.6 Å². The SMILES string of the molecule is CCNc1cc(S(=O)(=O)N2CCCCCC2C)ccn1. The van der Waals surface area contributed by atoms with Crippen molar-refractivity contribution in [1.82, 2.24) is 9.29 Å². The molecule has 6 heteroatoms. The molecule has 1 aromatic heterocycles. The van der Waals surface area contributed by atoms with Crippen LogP contribution >= 0.6 is 0 Å². The fourth-order valence-electron chi connectivity index (χ4n) is 2.59. The molecular formula is C14H23N3O2S. The lowest BCUT2D eigenvalue weighted by atomic mass is 10.1. The van der Waals surface area contributed by atoms with Gasteiger partial charge < -0.3 is 5.32 Å². The van der Waals surface area contributed by atoms with Crippen molar-refractivity contribution in [2.75, 3.05) is 18.4 Å². The highest BCUT2D eigenvalue weighted by Crippen LogP contribution is 2.25. The Morgan fingerprint density at radius 2 is 2.20 bits per heavy atom. The van der Waals surface area contributed by atoms with E-state index < -0.39 is 10.0 Å². The van der Waals surface area contributed by atoms with Crippen molar-refractivity contribution < 1.29 is 8.42 Å². The molecule has 2 heterocycles. The van der Waals surface area contributed by atoms with Crippen LogP contribution in [0.5, 0.6) is 0 Å². The largest absolute Gasteiger partial charge is 0.370 e. The highest BCUT2D eigenvalue weighted by Gasteiger charge is 2.30. The average Bonchev–Trinajstić information content (AvgIpc) is 2.64. The van der Waals surface area contributed by atoms with Gasteiger partial charge in [-0.25, -0.2) is 13.4 Å². The van der Waals surface area contributed by atoms with Crippen LogP contribution in [0, 0.1) is 0 Å². The summed E-state index contributed by atoms with van der Waals surface area (Å²) in [5, 5.41) is 3.05. The molecule has 0 radical (unpaired) electrons. The van der Waals surface area contributed by atoms with E-state index in [9.17, 15) is 8.42 Å². The maximum Gasteiger partial charge on any atom is 0.243 e. The molecule has 0 aromatic carbocycles. The van der Waals surface area contributed by atoms with Crippen LogP contribution in [-0.4, -0.2) is 36.8 Å². The van der Waals surface area contributed by atoms with Crippen LogP contribution in [0.3, 0.4) is 0 Å². The third-order valence-electron chi connectivity index (χ3n) is 3.69. The zero-order valence-corrected chi connectivity index (χ0v) is 13.0. The minimum Gasteiger partial charge on any atom is -0.370 e. The van der Waals surface area contributed by atoms with E-state index in [0.29, 0.717) is 17.3 Å². The Bertz CT molecular complexity index is 545. The van der Waals surface area contributed by atoms with Crippen molar-refractivity contribution in [2.45, 2.75) is 50.5 Å². The Labute approximate surface area is 121 Å². The van der Waals surface area contributed by atoms with E-state index in [2.05, 4.69) is 10.3 Å². The standard InChI is InChI=1S/C14H23N3O2S/c1-3-15-14-11-13(8-9-16-14)20(18,19)17-10-6-4-5-7-12(17)2/h8-9,11-12H,3-7,10H2,1-2H3,(H,15,16). The molecule has 2 rings (SSSR count). The van der Waals surface area contributed by atoms with E-state index in [1.165, 1.54) is 0 Å². The van der Waals surface area contributed by atoms with E-state index >= 15 is 0 Å². The van der Waals surface area contributed by atoms with Gasteiger partial charge in [-0.15, -0.1) is 0 Å². The molecule has 1 fully saturated rings. The zero-order chi connectivity index (χ0) is 14.6. The summed E-state index contributed by atoms with van der Waals surface area (Å²) in [6, 6.07) is 3.27. The highest BCUT2D eigenvalue weighted by atomic mass is 32.2. The summed E-state index contributed by atoms with van der Waals surface area (Å²) in [7, 11) is -3.42. The molecule has 1 N–H and O–H groups in total. The van der Waals surface area contributed by atoms with Crippen molar-refractivity contribution >= 4 is 15.8 Å². The maximum atomic E-state index is 12.8. The maximum absolute atomic E-state index is 12.8. The number of nitrogens with one attached hydrogen (secondary N) is 1. The molecule has 112 valence electrons. The van der Waals surface area contributed by atoms with Crippen LogP contribution in [0.25, 0.3) is 0 Å². The quantitative estimate of drug-likeness (QED) is 0.927. The predicted octanol–water partition coefficient (Wildman–Crippen LogP) is 2.47. The monoisotopic (exact) mass is 297 g/mol.